The molecule has 2 amide bonds. The fraction of sp³-hybridized carbons (Fsp3) is 0.391. The standard InChI is InChI=1S/C23H30FN3O4S/c1-17-8-5-6-9-19(17)16-26(18(2)23(29)25-3)22(28)10-7-15-27(32(4,30)31)21-13-11-20(24)12-14-21/h5-6,8-9,11-14,18H,7,10,15-16H2,1-4H3,(H,25,29)/t18-/m0/s1. The Morgan fingerprint density at radius 1 is 1.09 bits per heavy atom. The molecule has 0 unspecified atom stereocenters. The number of anilines is 1. The van der Waals surface area contributed by atoms with Gasteiger partial charge in [0.15, 0.2) is 0 Å². The Bertz CT molecular complexity index is 1040. The zero-order chi connectivity index (χ0) is 23.9. The van der Waals surface area contributed by atoms with Crippen molar-refractivity contribution in [3.05, 3.63) is 65.5 Å². The van der Waals surface area contributed by atoms with E-state index in [2.05, 4.69) is 5.32 Å². The van der Waals surface area contributed by atoms with E-state index in [0.29, 0.717) is 5.69 Å². The number of hydrogen-bond donors (Lipinski definition) is 1. The van der Waals surface area contributed by atoms with Crippen LogP contribution in [0.4, 0.5) is 10.1 Å². The quantitative estimate of drug-likeness (QED) is 0.587. The van der Waals surface area contributed by atoms with Gasteiger partial charge in [0.25, 0.3) is 0 Å². The fourth-order valence-corrected chi connectivity index (χ4v) is 4.34. The van der Waals surface area contributed by atoms with Crippen molar-refractivity contribution in [2.24, 2.45) is 0 Å². The van der Waals surface area contributed by atoms with Gasteiger partial charge >= 0.3 is 0 Å². The van der Waals surface area contributed by atoms with Crippen LogP contribution in [-0.4, -0.2) is 51.0 Å². The van der Waals surface area contributed by atoms with Crippen molar-refractivity contribution >= 4 is 27.5 Å². The van der Waals surface area contributed by atoms with E-state index in [9.17, 15) is 22.4 Å². The minimum atomic E-state index is -3.62. The molecule has 32 heavy (non-hydrogen) atoms. The van der Waals surface area contributed by atoms with E-state index < -0.39 is 21.9 Å². The number of nitrogens with zero attached hydrogens (tertiary/aromatic N) is 2. The first-order valence-electron chi connectivity index (χ1n) is 10.3. The predicted molar refractivity (Wildman–Crippen MR) is 123 cm³/mol. The maximum atomic E-state index is 13.2. The molecule has 0 aliphatic rings. The molecule has 9 heteroatoms. The molecule has 0 aliphatic heterocycles. The molecule has 174 valence electrons. The lowest BCUT2D eigenvalue weighted by atomic mass is 10.1. The molecule has 7 nitrogen and oxygen atoms in total. The van der Waals surface area contributed by atoms with Crippen LogP contribution in [0.1, 0.15) is 30.9 Å². The van der Waals surface area contributed by atoms with Gasteiger partial charge in [-0.25, -0.2) is 12.8 Å². The summed E-state index contributed by atoms with van der Waals surface area (Å²) in [6, 6.07) is 12.1. The molecule has 0 spiro atoms. The number of nitrogens with one attached hydrogen (secondary N) is 1. The van der Waals surface area contributed by atoms with Gasteiger partial charge in [0, 0.05) is 26.6 Å². The van der Waals surface area contributed by atoms with Crippen molar-refractivity contribution in [3.63, 3.8) is 0 Å². The van der Waals surface area contributed by atoms with Gasteiger partial charge in [0.05, 0.1) is 11.9 Å². The normalized spacial score (nSPS) is 12.2. The van der Waals surface area contributed by atoms with Gasteiger partial charge in [-0.05, 0) is 55.7 Å². The second kappa shape index (κ2) is 11.1. The highest BCUT2D eigenvalue weighted by Gasteiger charge is 2.26. The molecular formula is C23H30FN3O4S. The molecule has 0 fully saturated rings. The summed E-state index contributed by atoms with van der Waals surface area (Å²) in [7, 11) is -2.10. The zero-order valence-corrected chi connectivity index (χ0v) is 19.7. The molecule has 1 N–H and O–H groups in total. The van der Waals surface area contributed by atoms with Crippen molar-refractivity contribution in [2.75, 3.05) is 24.2 Å². The summed E-state index contributed by atoms with van der Waals surface area (Å²) in [5.74, 6) is -1.000. The average molecular weight is 464 g/mol. The van der Waals surface area contributed by atoms with Crippen LogP contribution in [0.5, 0.6) is 0 Å². The van der Waals surface area contributed by atoms with Gasteiger partial charge in [0.1, 0.15) is 11.9 Å². The second-order valence-corrected chi connectivity index (χ2v) is 9.56. The summed E-state index contributed by atoms with van der Waals surface area (Å²) in [5.41, 5.74) is 2.27. The summed E-state index contributed by atoms with van der Waals surface area (Å²) in [5, 5.41) is 2.57. The van der Waals surface area contributed by atoms with Crippen LogP contribution in [0.15, 0.2) is 48.5 Å². The summed E-state index contributed by atoms with van der Waals surface area (Å²) >= 11 is 0. The number of hydrogen-bond acceptors (Lipinski definition) is 4. The van der Waals surface area contributed by atoms with Crippen LogP contribution in [-0.2, 0) is 26.2 Å². The van der Waals surface area contributed by atoms with E-state index in [4.69, 9.17) is 0 Å². The smallest absolute Gasteiger partial charge is 0.242 e. The van der Waals surface area contributed by atoms with Crippen molar-refractivity contribution in [1.29, 1.82) is 0 Å². The number of carbonyl (C=O) groups excluding carboxylic acids is 2. The van der Waals surface area contributed by atoms with Gasteiger partial charge in [-0.2, -0.15) is 0 Å². The number of rotatable bonds is 10. The molecule has 2 aromatic carbocycles. The third-order valence-electron chi connectivity index (χ3n) is 5.28. The van der Waals surface area contributed by atoms with Gasteiger partial charge in [-0.3, -0.25) is 13.9 Å². The molecule has 0 radical (unpaired) electrons. The second-order valence-electron chi connectivity index (χ2n) is 7.65. The van der Waals surface area contributed by atoms with Gasteiger partial charge in [-0.15, -0.1) is 0 Å². The number of sulfonamides is 1. The minimum Gasteiger partial charge on any atom is -0.357 e. The lowest BCUT2D eigenvalue weighted by molar-refractivity contribution is -0.140. The van der Waals surface area contributed by atoms with Crippen LogP contribution < -0.4 is 9.62 Å². The third kappa shape index (κ3) is 6.78. The highest BCUT2D eigenvalue weighted by atomic mass is 32.2. The van der Waals surface area contributed by atoms with Crippen LogP contribution in [0.25, 0.3) is 0 Å². The maximum Gasteiger partial charge on any atom is 0.242 e. The third-order valence-corrected chi connectivity index (χ3v) is 6.48. The Kier molecular flexibility index (Phi) is 8.77. The lowest BCUT2D eigenvalue weighted by Crippen LogP contribution is -2.47. The lowest BCUT2D eigenvalue weighted by Gasteiger charge is -2.29. The Labute approximate surface area is 189 Å². The van der Waals surface area contributed by atoms with Crippen molar-refractivity contribution in [2.45, 2.75) is 39.3 Å². The van der Waals surface area contributed by atoms with E-state index in [1.165, 1.54) is 36.2 Å². The molecule has 2 rings (SSSR count). The topological polar surface area (TPSA) is 86.8 Å². The minimum absolute atomic E-state index is 0.0560. The van der Waals surface area contributed by atoms with E-state index in [1.807, 2.05) is 31.2 Å². The van der Waals surface area contributed by atoms with Crippen LogP contribution in [0.3, 0.4) is 0 Å². The predicted octanol–water partition coefficient (Wildman–Crippen LogP) is 2.84. The molecule has 0 saturated heterocycles. The Morgan fingerprint density at radius 3 is 2.28 bits per heavy atom. The molecule has 0 aromatic heterocycles. The molecular weight excluding hydrogens is 433 g/mol. The number of carbonyl (C=O) groups is 2. The van der Waals surface area contributed by atoms with Gasteiger partial charge in [0.2, 0.25) is 21.8 Å². The van der Waals surface area contributed by atoms with Crippen molar-refractivity contribution in [1.82, 2.24) is 10.2 Å². The summed E-state index contributed by atoms with van der Waals surface area (Å²) in [4.78, 5) is 26.8. The van der Waals surface area contributed by atoms with E-state index >= 15 is 0 Å². The Hall–Kier alpha value is -2.94. The highest BCUT2D eigenvalue weighted by Crippen LogP contribution is 2.20. The number of halogens is 1. The number of amides is 2. The average Bonchev–Trinajstić information content (AvgIpc) is 2.75. The van der Waals surface area contributed by atoms with E-state index in [1.54, 1.807) is 6.92 Å². The SMILES string of the molecule is CNC(=O)[C@H](C)N(Cc1ccccc1C)C(=O)CCCN(c1ccc(F)cc1)S(C)(=O)=O. The first kappa shape index (κ1) is 25.3. The summed E-state index contributed by atoms with van der Waals surface area (Å²) in [6.45, 7) is 3.93. The monoisotopic (exact) mass is 463 g/mol. The molecule has 1 atom stereocenters. The number of likely N-dealkylation sites (N-methyl/N-ethyl adjacent to an activating group) is 1. The van der Waals surface area contributed by atoms with Gasteiger partial charge in [-0.1, -0.05) is 24.3 Å². The number of benzene rings is 2. The maximum absolute atomic E-state index is 13.2. The van der Waals surface area contributed by atoms with Crippen LogP contribution >= 0.6 is 0 Å². The molecule has 0 bridgehead atoms. The first-order chi connectivity index (χ1) is 15.0. The van der Waals surface area contributed by atoms with Crippen LogP contribution in [0, 0.1) is 12.7 Å². The summed E-state index contributed by atoms with van der Waals surface area (Å²) in [6.07, 6.45) is 1.37. The van der Waals surface area contributed by atoms with E-state index in [-0.39, 0.29) is 37.7 Å². The largest absolute Gasteiger partial charge is 0.357 e. The van der Waals surface area contributed by atoms with Gasteiger partial charge < -0.3 is 10.2 Å². The van der Waals surface area contributed by atoms with Crippen molar-refractivity contribution < 1.29 is 22.4 Å². The molecule has 2 aromatic rings. The highest BCUT2D eigenvalue weighted by molar-refractivity contribution is 7.92. The molecule has 0 aliphatic carbocycles. The molecule has 0 heterocycles. The fourth-order valence-electron chi connectivity index (χ4n) is 3.37. The Balaban J connectivity index is 2.14. The first-order valence-corrected chi connectivity index (χ1v) is 12.2. The van der Waals surface area contributed by atoms with Crippen molar-refractivity contribution in [3.8, 4) is 0 Å². The zero-order valence-electron chi connectivity index (χ0n) is 18.8. The summed E-state index contributed by atoms with van der Waals surface area (Å²) < 4.78 is 38.8. The van der Waals surface area contributed by atoms with E-state index in [0.717, 1.165) is 21.7 Å². The van der Waals surface area contributed by atoms with Crippen LogP contribution in [0.2, 0.25) is 0 Å². The molecule has 0 saturated carbocycles. The number of aryl methyl sites for hydroxylation is 1. The Morgan fingerprint density at radius 2 is 1.72 bits per heavy atom.